The van der Waals surface area contributed by atoms with Crippen molar-refractivity contribution in [3.8, 4) is 0 Å². The van der Waals surface area contributed by atoms with Crippen molar-refractivity contribution in [2.45, 2.75) is 19.8 Å². The second kappa shape index (κ2) is 5.29. The molecule has 2 rings (SSSR count). The molecule has 2 heteroatoms. The molecule has 0 aliphatic carbocycles. The maximum absolute atomic E-state index is 2.36. The largest absolute Gasteiger partial charge is 0.144 e. The smallest absolute Gasteiger partial charge is 0.0353 e. The highest BCUT2D eigenvalue weighted by Crippen LogP contribution is 2.30. The monoisotopic (exact) mass is 234 g/mol. The van der Waals surface area contributed by atoms with Gasteiger partial charge in [-0.2, -0.15) is 0 Å². The normalized spacial score (nSPS) is 10.2. The Kier molecular flexibility index (Phi) is 3.75. The first-order valence-electron chi connectivity index (χ1n) is 5.19. The van der Waals surface area contributed by atoms with Gasteiger partial charge in [0.2, 0.25) is 0 Å². The summed E-state index contributed by atoms with van der Waals surface area (Å²) < 4.78 is 0. The second-order valence-corrected chi connectivity index (χ2v) is 5.26. The van der Waals surface area contributed by atoms with Crippen molar-refractivity contribution in [3.05, 3.63) is 50.9 Å². The number of allylic oxidation sites excluding steroid dienone is 1. The van der Waals surface area contributed by atoms with E-state index < -0.39 is 0 Å². The number of rotatable bonds is 4. The molecule has 78 valence electrons. The van der Waals surface area contributed by atoms with E-state index in [9.17, 15) is 0 Å². The van der Waals surface area contributed by atoms with Crippen LogP contribution in [-0.2, 0) is 0 Å². The van der Waals surface area contributed by atoms with E-state index in [2.05, 4.69) is 48.0 Å². The first kappa shape index (κ1) is 10.7. The average molecular weight is 234 g/mol. The van der Waals surface area contributed by atoms with Crippen LogP contribution < -0.4 is 0 Å². The van der Waals surface area contributed by atoms with E-state index >= 15 is 0 Å². The molecule has 0 aliphatic rings. The van der Waals surface area contributed by atoms with Gasteiger partial charge >= 0.3 is 0 Å². The van der Waals surface area contributed by atoms with Gasteiger partial charge < -0.3 is 0 Å². The van der Waals surface area contributed by atoms with Gasteiger partial charge in [-0.3, -0.25) is 0 Å². The van der Waals surface area contributed by atoms with E-state index in [0.717, 1.165) is 6.42 Å². The summed E-state index contributed by atoms with van der Waals surface area (Å²) in [6.45, 7) is 2.22. The zero-order valence-corrected chi connectivity index (χ0v) is 10.4. The molecule has 0 spiro atoms. The summed E-state index contributed by atoms with van der Waals surface area (Å²) in [6.07, 6.45) is 4.73. The lowest BCUT2D eigenvalue weighted by Gasteiger charge is -2.01. The Hall–Kier alpha value is -0.860. The second-order valence-electron chi connectivity index (χ2n) is 3.36. The molecular formula is C13H14S2. The van der Waals surface area contributed by atoms with Crippen LogP contribution in [0.15, 0.2) is 41.1 Å². The van der Waals surface area contributed by atoms with Crippen LogP contribution in [0.25, 0.3) is 5.57 Å². The molecule has 2 aromatic rings. The standard InChI is InChI=1S/C13H14S2/c1-2-3-6-11(12-7-4-9-14-12)13-8-5-10-15-13/h4-10H,2-3H2,1H3. The maximum atomic E-state index is 2.36. The molecule has 0 N–H and O–H groups in total. The third-order valence-electron chi connectivity index (χ3n) is 2.21. The quantitative estimate of drug-likeness (QED) is 0.695. The molecule has 0 amide bonds. The van der Waals surface area contributed by atoms with Gasteiger partial charge in [-0.15, -0.1) is 22.7 Å². The Balaban J connectivity index is 2.33. The molecule has 0 aliphatic heterocycles. The third kappa shape index (κ3) is 2.58. The fraction of sp³-hybridized carbons (Fsp3) is 0.231. The van der Waals surface area contributed by atoms with Crippen molar-refractivity contribution < 1.29 is 0 Å². The van der Waals surface area contributed by atoms with E-state index in [1.54, 1.807) is 0 Å². The molecule has 0 saturated heterocycles. The molecular weight excluding hydrogens is 220 g/mol. The molecule has 15 heavy (non-hydrogen) atoms. The summed E-state index contributed by atoms with van der Waals surface area (Å²) >= 11 is 3.64. The van der Waals surface area contributed by atoms with Gasteiger partial charge in [0.1, 0.15) is 0 Å². The lowest BCUT2D eigenvalue weighted by Crippen LogP contribution is -1.79. The van der Waals surface area contributed by atoms with Crippen LogP contribution in [0.1, 0.15) is 29.5 Å². The number of hydrogen-bond acceptors (Lipinski definition) is 2. The minimum Gasteiger partial charge on any atom is -0.144 e. The Morgan fingerprint density at radius 3 is 2.13 bits per heavy atom. The van der Waals surface area contributed by atoms with Gasteiger partial charge in [-0.25, -0.2) is 0 Å². The SMILES string of the molecule is CCCC=C(c1cccs1)c1cccs1. The first-order valence-corrected chi connectivity index (χ1v) is 6.95. The summed E-state index contributed by atoms with van der Waals surface area (Å²) in [5, 5.41) is 4.28. The van der Waals surface area contributed by atoms with E-state index in [-0.39, 0.29) is 0 Å². The van der Waals surface area contributed by atoms with Crippen LogP contribution >= 0.6 is 22.7 Å². The first-order chi connectivity index (χ1) is 7.42. The summed E-state index contributed by atoms with van der Waals surface area (Å²) in [4.78, 5) is 2.76. The predicted molar refractivity (Wildman–Crippen MR) is 70.6 cm³/mol. The molecule has 2 aromatic heterocycles. The van der Waals surface area contributed by atoms with Crippen molar-refractivity contribution in [1.29, 1.82) is 0 Å². The summed E-state index contributed by atoms with van der Waals surface area (Å²) in [6, 6.07) is 8.64. The fourth-order valence-electron chi connectivity index (χ4n) is 1.47. The lowest BCUT2D eigenvalue weighted by molar-refractivity contribution is 0.960. The van der Waals surface area contributed by atoms with E-state index in [1.165, 1.54) is 21.7 Å². The maximum Gasteiger partial charge on any atom is 0.0353 e. The molecule has 0 unspecified atom stereocenters. The van der Waals surface area contributed by atoms with Crippen molar-refractivity contribution >= 4 is 28.2 Å². The molecule has 0 fully saturated rings. The Morgan fingerprint density at radius 2 is 1.73 bits per heavy atom. The van der Waals surface area contributed by atoms with Gasteiger partial charge in [0.25, 0.3) is 0 Å². The molecule has 0 nitrogen and oxygen atoms in total. The Labute approximate surface area is 98.9 Å². The minimum atomic E-state index is 1.16. The van der Waals surface area contributed by atoms with Gasteiger partial charge in [-0.1, -0.05) is 31.6 Å². The topological polar surface area (TPSA) is 0 Å². The summed E-state index contributed by atoms with van der Waals surface area (Å²) in [5.74, 6) is 0. The van der Waals surface area contributed by atoms with E-state index in [1.807, 2.05) is 22.7 Å². The average Bonchev–Trinajstić information content (AvgIpc) is 2.90. The van der Waals surface area contributed by atoms with Crippen LogP contribution in [0.2, 0.25) is 0 Å². The predicted octanol–water partition coefficient (Wildman–Crippen LogP) is 5.04. The summed E-state index contributed by atoms with van der Waals surface area (Å²) in [5.41, 5.74) is 1.40. The minimum absolute atomic E-state index is 1.16. The van der Waals surface area contributed by atoms with Crippen molar-refractivity contribution in [3.63, 3.8) is 0 Å². The van der Waals surface area contributed by atoms with Crippen LogP contribution in [0.3, 0.4) is 0 Å². The van der Waals surface area contributed by atoms with Gasteiger partial charge in [0, 0.05) is 15.3 Å². The van der Waals surface area contributed by atoms with Crippen LogP contribution in [0, 0.1) is 0 Å². The molecule has 0 bridgehead atoms. The fourth-order valence-corrected chi connectivity index (χ4v) is 3.10. The van der Waals surface area contributed by atoms with Crippen LogP contribution in [0.4, 0.5) is 0 Å². The highest BCUT2D eigenvalue weighted by atomic mass is 32.1. The van der Waals surface area contributed by atoms with Gasteiger partial charge in [0.05, 0.1) is 0 Å². The van der Waals surface area contributed by atoms with Crippen molar-refractivity contribution in [2.24, 2.45) is 0 Å². The van der Waals surface area contributed by atoms with Crippen molar-refractivity contribution in [2.75, 3.05) is 0 Å². The highest BCUT2D eigenvalue weighted by molar-refractivity contribution is 7.13. The number of thiophene rings is 2. The molecule has 0 saturated carbocycles. The summed E-state index contributed by atoms with van der Waals surface area (Å²) in [7, 11) is 0. The molecule has 0 radical (unpaired) electrons. The van der Waals surface area contributed by atoms with Gasteiger partial charge in [-0.05, 0) is 29.3 Å². The van der Waals surface area contributed by atoms with Gasteiger partial charge in [0.15, 0.2) is 0 Å². The Morgan fingerprint density at radius 1 is 1.13 bits per heavy atom. The molecule has 2 heterocycles. The number of hydrogen-bond donors (Lipinski definition) is 0. The van der Waals surface area contributed by atoms with E-state index in [0.29, 0.717) is 0 Å². The number of unbranched alkanes of at least 4 members (excludes halogenated alkanes) is 1. The molecule has 0 atom stereocenters. The third-order valence-corrected chi connectivity index (χ3v) is 4.02. The highest BCUT2D eigenvalue weighted by Gasteiger charge is 2.05. The van der Waals surface area contributed by atoms with Crippen LogP contribution in [0.5, 0.6) is 0 Å². The lowest BCUT2D eigenvalue weighted by atomic mass is 10.1. The molecule has 0 aromatic carbocycles. The van der Waals surface area contributed by atoms with Crippen LogP contribution in [-0.4, -0.2) is 0 Å². The zero-order valence-electron chi connectivity index (χ0n) is 8.77. The van der Waals surface area contributed by atoms with Crippen molar-refractivity contribution in [1.82, 2.24) is 0 Å². The van der Waals surface area contributed by atoms with E-state index in [4.69, 9.17) is 0 Å². The Bertz CT molecular complexity index is 371. The zero-order chi connectivity index (χ0) is 10.5.